The van der Waals surface area contributed by atoms with Crippen molar-refractivity contribution in [3.8, 4) is 11.5 Å². The summed E-state index contributed by atoms with van der Waals surface area (Å²) in [6, 6.07) is 9.89. The maximum absolute atomic E-state index is 12.7. The van der Waals surface area contributed by atoms with Crippen LogP contribution in [-0.2, 0) is 9.59 Å². The molecule has 3 rings (SSSR count). The second-order valence-electron chi connectivity index (χ2n) is 6.92. The summed E-state index contributed by atoms with van der Waals surface area (Å²) in [6.07, 6.45) is 3.11. The number of rotatable bonds is 8. The van der Waals surface area contributed by atoms with Crippen LogP contribution in [0.25, 0.3) is 6.08 Å². The van der Waals surface area contributed by atoms with Crippen molar-refractivity contribution in [2.45, 2.75) is 6.92 Å². The fourth-order valence-electron chi connectivity index (χ4n) is 2.93. The molecule has 0 aliphatic carbocycles. The van der Waals surface area contributed by atoms with Crippen LogP contribution in [0.4, 0.5) is 10.5 Å². The molecule has 32 heavy (non-hydrogen) atoms. The van der Waals surface area contributed by atoms with E-state index in [1.807, 2.05) is 19.1 Å². The number of carbonyl (C=O) groups excluding carboxylic acids is 3. The van der Waals surface area contributed by atoms with Gasteiger partial charge in [0.05, 0.1) is 7.11 Å². The number of aryl methyl sites for hydroxylation is 1. The molecule has 9 heteroatoms. The van der Waals surface area contributed by atoms with Crippen molar-refractivity contribution in [1.82, 2.24) is 10.2 Å². The van der Waals surface area contributed by atoms with Gasteiger partial charge in [0.2, 0.25) is 5.91 Å². The van der Waals surface area contributed by atoms with E-state index in [2.05, 4.69) is 33.1 Å². The van der Waals surface area contributed by atoms with Crippen LogP contribution in [0.3, 0.4) is 0 Å². The molecular weight excluding hydrogens is 478 g/mol. The highest BCUT2D eigenvalue weighted by atomic mass is 79.9. The third kappa shape index (κ3) is 5.36. The number of halogens is 1. The molecule has 1 fully saturated rings. The fraction of sp³-hybridized carbons (Fsp3) is 0.174. The lowest BCUT2D eigenvalue weighted by Gasteiger charge is -2.12. The minimum Gasteiger partial charge on any atom is -0.493 e. The lowest BCUT2D eigenvalue weighted by molar-refractivity contribution is -0.127. The Bertz CT molecular complexity index is 1100. The molecule has 0 aromatic heterocycles. The highest BCUT2D eigenvalue weighted by Gasteiger charge is 2.35. The molecule has 2 aromatic rings. The molecule has 1 aliphatic rings. The van der Waals surface area contributed by atoms with Gasteiger partial charge >= 0.3 is 6.03 Å². The van der Waals surface area contributed by atoms with Crippen LogP contribution in [0.5, 0.6) is 11.5 Å². The van der Waals surface area contributed by atoms with Crippen LogP contribution in [0, 0.1) is 6.92 Å². The van der Waals surface area contributed by atoms with Crippen molar-refractivity contribution < 1.29 is 23.9 Å². The Kier molecular flexibility index (Phi) is 7.32. The molecule has 0 saturated carbocycles. The van der Waals surface area contributed by atoms with Crippen LogP contribution >= 0.6 is 15.9 Å². The van der Waals surface area contributed by atoms with Crippen molar-refractivity contribution in [3.05, 3.63) is 70.3 Å². The summed E-state index contributed by atoms with van der Waals surface area (Å²) in [6.45, 7) is 5.44. The fourth-order valence-corrected chi connectivity index (χ4v) is 3.37. The van der Waals surface area contributed by atoms with Gasteiger partial charge in [0, 0.05) is 10.2 Å². The first kappa shape index (κ1) is 23.1. The summed E-state index contributed by atoms with van der Waals surface area (Å²) in [5.74, 6) is -0.136. The number of urea groups is 1. The number of imide groups is 1. The Hall–Kier alpha value is -3.59. The van der Waals surface area contributed by atoms with Crippen LogP contribution < -0.4 is 20.1 Å². The van der Waals surface area contributed by atoms with E-state index in [4.69, 9.17) is 9.47 Å². The summed E-state index contributed by atoms with van der Waals surface area (Å²) in [7, 11) is 1.50. The van der Waals surface area contributed by atoms with Crippen LogP contribution in [0.1, 0.15) is 11.1 Å². The van der Waals surface area contributed by atoms with Gasteiger partial charge in [0.1, 0.15) is 18.8 Å². The van der Waals surface area contributed by atoms with E-state index >= 15 is 0 Å². The Morgan fingerprint density at radius 3 is 2.59 bits per heavy atom. The molecule has 1 heterocycles. The number of hydrogen-bond donors (Lipinski definition) is 2. The molecule has 0 unspecified atom stereocenters. The second-order valence-corrected chi connectivity index (χ2v) is 7.77. The first-order valence-corrected chi connectivity index (χ1v) is 10.4. The number of benzene rings is 2. The molecule has 2 N–H and O–H groups in total. The highest BCUT2D eigenvalue weighted by molar-refractivity contribution is 9.10. The Labute approximate surface area is 194 Å². The number of nitrogens with zero attached hydrogens (tertiary/aromatic N) is 1. The van der Waals surface area contributed by atoms with Gasteiger partial charge in [-0.15, -0.1) is 0 Å². The molecule has 2 aromatic carbocycles. The van der Waals surface area contributed by atoms with E-state index in [0.717, 1.165) is 10.5 Å². The van der Waals surface area contributed by atoms with Crippen molar-refractivity contribution >= 4 is 45.5 Å². The van der Waals surface area contributed by atoms with Crippen molar-refractivity contribution in [2.75, 3.05) is 25.6 Å². The normalized spacial score (nSPS) is 14.3. The quantitative estimate of drug-likeness (QED) is 0.326. The van der Waals surface area contributed by atoms with Crippen LogP contribution in [0.15, 0.2) is 59.2 Å². The lowest BCUT2D eigenvalue weighted by atomic mass is 10.1. The molecular formula is C23H22BrN3O5. The third-order valence-corrected chi connectivity index (χ3v) is 5.23. The standard InChI is InChI=1S/C23H22BrN3O5/c1-4-9-32-20-12-17(24)15(11-19(20)31-3)10-18-22(29)27(23(30)26-18)13-21(28)25-16-7-5-14(2)6-8-16/h4-8,10-12H,1,9,13H2,2-3H3,(H,25,28)(H,26,30)/b18-10-. The first-order valence-electron chi connectivity index (χ1n) is 9.64. The number of anilines is 1. The Morgan fingerprint density at radius 2 is 1.94 bits per heavy atom. The molecule has 4 amide bonds. The van der Waals surface area contributed by atoms with E-state index < -0.39 is 24.4 Å². The van der Waals surface area contributed by atoms with Gasteiger partial charge in [-0.2, -0.15) is 0 Å². The molecule has 0 spiro atoms. The van der Waals surface area contributed by atoms with E-state index in [1.54, 1.807) is 30.3 Å². The van der Waals surface area contributed by atoms with E-state index in [0.29, 0.717) is 33.8 Å². The number of hydrogen-bond acceptors (Lipinski definition) is 5. The van der Waals surface area contributed by atoms with E-state index in [9.17, 15) is 14.4 Å². The summed E-state index contributed by atoms with van der Waals surface area (Å²) in [5, 5.41) is 5.18. The number of carbonyl (C=O) groups is 3. The number of amides is 4. The van der Waals surface area contributed by atoms with E-state index in [1.165, 1.54) is 13.2 Å². The van der Waals surface area contributed by atoms with Crippen LogP contribution in [0.2, 0.25) is 0 Å². The summed E-state index contributed by atoms with van der Waals surface area (Å²) >= 11 is 3.43. The van der Waals surface area contributed by atoms with Crippen molar-refractivity contribution in [3.63, 3.8) is 0 Å². The average Bonchev–Trinajstić information content (AvgIpc) is 3.02. The van der Waals surface area contributed by atoms with Gasteiger partial charge in [-0.25, -0.2) is 9.69 Å². The molecule has 1 aliphatic heterocycles. The van der Waals surface area contributed by atoms with Gasteiger partial charge < -0.3 is 20.1 Å². The average molecular weight is 500 g/mol. The zero-order valence-electron chi connectivity index (χ0n) is 17.6. The Morgan fingerprint density at radius 1 is 1.22 bits per heavy atom. The minimum absolute atomic E-state index is 0.0423. The number of ether oxygens (including phenoxy) is 2. The SMILES string of the molecule is C=CCOc1cc(Br)c(/C=C2\NC(=O)N(CC(=O)Nc3ccc(C)cc3)C2=O)cc1OC. The largest absolute Gasteiger partial charge is 0.493 e. The predicted octanol–water partition coefficient (Wildman–Crippen LogP) is 3.86. The lowest BCUT2D eigenvalue weighted by Crippen LogP contribution is -2.38. The second kappa shape index (κ2) is 10.1. The predicted molar refractivity (Wildman–Crippen MR) is 124 cm³/mol. The molecule has 8 nitrogen and oxygen atoms in total. The molecule has 1 saturated heterocycles. The van der Waals surface area contributed by atoms with Gasteiger partial charge in [-0.1, -0.05) is 46.3 Å². The monoisotopic (exact) mass is 499 g/mol. The Balaban J connectivity index is 1.75. The molecule has 0 atom stereocenters. The highest BCUT2D eigenvalue weighted by Crippen LogP contribution is 2.35. The van der Waals surface area contributed by atoms with E-state index in [-0.39, 0.29) is 5.70 Å². The van der Waals surface area contributed by atoms with Gasteiger partial charge in [0.15, 0.2) is 11.5 Å². The summed E-state index contributed by atoms with van der Waals surface area (Å²) in [5.41, 5.74) is 2.26. The summed E-state index contributed by atoms with van der Waals surface area (Å²) in [4.78, 5) is 38.2. The first-order chi connectivity index (χ1) is 15.3. The zero-order valence-corrected chi connectivity index (χ0v) is 19.2. The maximum atomic E-state index is 12.7. The number of methoxy groups -OCH3 is 1. The van der Waals surface area contributed by atoms with Gasteiger partial charge in [-0.05, 0) is 42.8 Å². The van der Waals surface area contributed by atoms with Crippen molar-refractivity contribution in [2.24, 2.45) is 0 Å². The third-order valence-electron chi connectivity index (χ3n) is 4.54. The molecule has 0 radical (unpaired) electrons. The maximum Gasteiger partial charge on any atom is 0.329 e. The molecule has 0 bridgehead atoms. The zero-order chi connectivity index (χ0) is 23.3. The molecule has 166 valence electrons. The minimum atomic E-state index is -0.672. The topological polar surface area (TPSA) is 97.0 Å². The van der Waals surface area contributed by atoms with Gasteiger partial charge in [-0.3, -0.25) is 9.59 Å². The smallest absolute Gasteiger partial charge is 0.329 e. The van der Waals surface area contributed by atoms with Crippen LogP contribution in [-0.4, -0.2) is 43.0 Å². The van der Waals surface area contributed by atoms with Crippen molar-refractivity contribution in [1.29, 1.82) is 0 Å². The van der Waals surface area contributed by atoms with Gasteiger partial charge in [0.25, 0.3) is 5.91 Å². The summed E-state index contributed by atoms with van der Waals surface area (Å²) < 4.78 is 11.5. The number of nitrogens with one attached hydrogen (secondary N) is 2.